The molecule has 0 radical (unpaired) electrons. The summed E-state index contributed by atoms with van der Waals surface area (Å²) in [6.07, 6.45) is 1.88. The summed E-state index contributed by atoms with van der Waals surface area (Å²) in [7, 11) is 1.77. The molecule has 0 saturated heterocycles. The Kier molecular flexibility index (Phi) is 2.13. The van der Waals surface area contributed by atoms with Gasteiger partial charge in [0, 0.05) is 19.3 Å². The van der Waals surface area contributed by atoms with Crippen LogP contribution in [0.25, 0.3) is 0 Å². The highest BCUT2D eigenvalue weighted by Gasteiger charge is 1.98. The third-order valence-electron chi connectivity index (χ3n) is 1.78. The molecular weight excluding hydrogens is 138 g/mol. The molecule has 0 aliphatic heterocycles. The smallest absolute Gasteiger partial charge is 0.250 e. The number of hydrogen-bond donors (Lipinski definition) is 0. The van der Waals surface area contributed by atoms with E-state index in [1.807, 2.05) is 12.3 Å². The van der Waals surface area contributed by atoms with E-state index in [0.717, 1.165) is 0 Å². The molecule has 2 nitrogen and oxygen atoms in total. The lowest BCUT2D eigenvalue weighted by Gasteiger charge is -2.05. The van der Waals surface area contributed by atoms with Gasteiger partial charge in [0.15, 0.2) is 0 Å². The van der Waals surface area contributed by atoms with E-state index in [-0.39, 0.29) is 5.56 Å². The Balaban J connectivity index is 3.15. The van der Waals surface area contributed by atoms with Crippen molar-refractivity contribution in [3.05, 3.63) is 34.2 Å². The summed E-state index contributed by atoms with van der Waals surface area (Å²) >= 11 is 0. The van der Waals surface area contributed by atoms with Gasteiger partial charge in [-0.2, -0.15) is 0 Å². The summed E-state index contributed by atoms with van der Waals surface area (Å²) in [4.78, 5) is 11.0. The number of pyridine rings is 1. The summed E-state index contributed by atoms with van der Waals surface area (Å²) in [5, 5.41) is 0. The summed E-state index contributed by atoms with van der Waals surface area (Å²) in [5.41, 5.74) is 1.25. The first-order valence-corrected chi connectivity index (χ1v) is 3.78. The Hall–Kier alpha value is -1.05. The van der Waals surface area contributed by atoms with Gasteiger partial charge in [-0.25, -0.2) is 0 Å². The molecule has 0 amide bonds. The number of aromatic nitrogens is 1. The lowest BCUT2D eigenvalue weighted by atomic mass is 10.1. The molecule has 0 unspecified atom stereocenters. The van der Waals surface area contributed by atoms with E-state index >= 15 is 0 Å². The highest BCUT2D eigenvalue weighted by atomic mass is 16.1. The van der Waals surface area contributed by atoms with Crippen molar-refractivity contribution in [3.63, 3.8) is 0 Å². The van der Waals surface area contributed by atoms with Gasteiger partial charge in [0.1, 0.15) is 0 Å². The molecule has 0 N–H and O–H groups in total. The fraction of sp³-hybridized carbons (Fsp3) is 0.444. The van der Waals surface area contributed by atoms with Crippen LogP contribution in [0, 0.1) is 0 Å². The first-order valence-electron chi connectivity index (χ1n) is 3.78. The molecule has 0 bridgehead atoms. The second-order valence-corrected chi connectivity index (χ2v) is 3.07. The molecule has 1 aromatic rings. The molecule has 0 atom stereocenters. The van der Waals surface area contributed by atoms with E-state index < -0.39 is 0 Å². The monoisotopic (exact) mass is 151 g/mol. The molecule has 0 spiro atoms. The number of nitrogens with zero attached hydrogens (tertiary/aromatic N) is 1. The third-order valence-corrected chi connectivity index (χ3v) is 1.78. The van der Waals surface area contributed by atoms with E-state index in [9.17, 15) is 4.79 Å². The highest BCUT2D eigenvalue weighted by Crippen LogP contribution is 2.10. The summed E-state index contributed by atoms with van der Waals surface area (Å²) < 4.78 is 1.61. The van der Waals surface area contributed by atoms with Crippen LogP contribution in [-0.4, -0.2) is 4.57 Å². The van der Waals surface area contributed by atoms with Crippen LogP contribution in [0.1, 0.15) is 25.3 Å². The van der Waals surface area contributed by atoms with Crippen LogP contribution in [0.15, 0.2) is 23.1 Å². The molecule has 11 heavy (non-hydrogen) atoms. The predicted octanol–water partition coefficient (Wildman–Crippen LogP) is 1.51. The molecule has 0 aliphatic carbocycles. The zero-order valence-corrected chi connectivity index (χ0v) is 7.16. The Morgan fingerprint density at radius 2 is 2.00 bits per heavy atom. The van der Waals surface area contributed by atoms with Crippen molar-refractivity contribution < 1.29 is 0 Å². The van der Waals surface area contributed by atoms with Gasteiger partial charge in [0.05, 0.1) is 0 Å². The van der Waals surface area contributed by atoms with E-state index in [1.54, 1.807) is 17.7 Å². The maximum absolute atomic E-state index is 11.0. The second kappa shape index (κ2) is 2.91. The summed E-state index contributed by atoms with van der Waals surface area (Å²) in [6, 6.07) is 3.49. The maximum Gasteiger partial charge on any atom is 0.250 e. The fourth-order valence-electron chi connectivity index (χ4n) is 0.957. The van der Waals surface area contributed by atoms with Crippen molar-refractivity contribution >= 4 is 0 Å². The largest absolute Gasteiger partial charge is 0.318 e. The van der Waals surface area contributed by atoms with Gasteiger partial charge in [-0.1, -0.05) is 19.9 Å². The molecule has 60 valence electrons. The van der Waals surface area contributed by atoms with Crippen molar-refractivity contribution in [2.45, 2.75) is 19.8 Å². The molecule has 2 heteroatoms. The molecule has 0 fully saturated rings. The van der Waals surface area contributed by atoms with Crippen LogP contribution < -0.4 is 5.56 Å². The van der Waals surface area contributed by atoms with Gasteiger partial charge >= 0.3 is 0 Å². The average molecular weight is 151 g/mol. The van der Waals surface area contributed by atoms with Crippen LogP contribution in [0.3, 0.4) is 0 Å². The molecule has 0 aliphatic rings. The van der Waals surface area contributed by atoms with Crippen molar-refractivity contribution in [1.82, 2.24) is 4.57 Å². The quantitative estimate of drug-likeness (QED) is 0.596. The maximum atomic E-state index is 11.0. The summed E-state index contributed by atoms with van der Waals surface area (Å²) in [5.74, 6) is 0.488. The van der Waals surface area contributed by atoms with E-state index in [4.69, 9.17) is 0 Å². The van der Waals surface area contributed by atoms with Gasteiger partial charge in [-0.15, -0.1) is 0 Å². The summed E-state index contributed by atoms with van der Waals surface area (Å²) in [6.45, 7) is 4.22. The minimum atomic E-state index is 0.0504. The highest BCUT2D eigenvalue weighted by molar-refractivity contribution is 5.13. The number of rotatable bonds is 1. The Morgan fingerprint density at radius 1 is 1.36 bits per heavy atom. The third kappa shape index (κ3) is 1.70. The van der Waals surface area contributed by atoms with Gasteiger partial charge in [0.25, 0.3) is 0 Å². The minimum absolute atomic E-state index is 0.0504. The SMILES string of the molecule is CC(C)c1ccc(=O)n(C)c1. The molecule has 0 aromatic carbocycles. The molecule has 1 aromatic heterocycles. The molecular formula is C9H13NO. The van der Waals surface area contributed by atoms with E-state index in [1.165, 1.54) is 5.56 Å². The van der Waals surface area contributed by atoms with Crippen LogP contribution >= 0.6 is 0 Å². The minimum Gasteiger partial charge on any atom is -0.318 e. The van der Waals surface area contributed by atoms with Crippen molar-refractivity contribution in [1.29, 1.82) is 0 Å². The normalized spacial score (nSPS) is 10.5. The van der Waals surface area contributed by atoms with Gasteiger partial charge in [0.2, 0.25) is 5.56 Å². The predicted molar refractivity (Wildman–Crippen MR) is 45.8 cm³/mol. The zero-order valence-electron chi connectivity index (χ0n) is 7.16. The number of hydrogen-bond acceptors (Lipinski definition) is 1. The Labute approximate surface area is 66.5 Å². The fourth-order valence-corrected chi connectivity index (χ4v) is 0.957. The van der Waals surface area contributed by atoms with Crippen LogP contribution in [0.5, 0.6) is 0 Å². The first kappa shape index (κ1) is 8.05. The topological polar surface area (TPSA) is 22.0 Å². The van der Waals surface area contributed by atoms with Crippen LogP contribution in [0.4, 0.5) is 0 Å². The Bertz CT molecular complexity index is 299. The van der Waals surface area contributed by atoms with E-state index in [2.05, 4.69) is 13.8 Å². The van der Waals surface area contributed by atoms with E-state index in [0.29, 0.717) is 5.92 Å². The average Bonchev–Trinajstić information content (AvgIpc) is 1.94. The number of aryl methyl sites for hydroxylation is 1. The van der Waals surface area contributed by atoms with Crippen LogP contribution in [-0.2, 0) is 7.05 Å². The van der Waals surface area contributed by atoms with Gasteiger partial charge in [-0.05, 0) is 11.5 Å². The van der Waals surface area contributed by atoms with Crippen molar-refractivity contribution in [2.24, 2.45) is 7.05 Å². The lowest BCUT2D eigenvalue weighted by Crippen LogP contribution is -2.15. The van der Waals surface area contributed by atoms with Crippen molar-refractivity contribution in [2.75, 3.05) is 0 Å². The lowest BCUT2D eigenvalue weighted by molar-refractivity contribution is 0.794. The molecule has 0 saturated carbocycles. The Morgan fingerprint density at radius 3 is 2.45 bits per heavy atom. The second-order valence-electron chi connectivity index (χ2n) is 3.07. The van der Waals surface area contributed by atoms with Crippen molar-refractivity contribution in [3.8, 4) is 0 Å². The van der Waals surface area contributed by atoms with Gasteiger partial charge < -0.3 is 4.57 Å². The molecule has 1 heterocycles. The van der Waals surface area contributed by atoms with Gasteiger partial charge in [-0.3, -0.25) is 4.79 Å². The molecule has 1 rings (SSSR count). The van der Waals surface area contributed by atoms with Crippen LogP contribution in [0.2, 0.25) is 0 Å². The first-order chi connectivity index (χ1) is 5.11. The standard InChI is InChI=1S/C9H13NO/c1-7(2)8-4-5-9(11)10(3)6-8/h4-7H,1-3H3. The zero-order chi connectivity index (χ0) is 8.43.